The van der Waals surface area contributed by atoms with Crippen molar-refractivity contribution in [2.45, 2.75) is 18.0 Å². The van der Waals surface area contributed by atoms with Crippen LogP contribution in [0.1, 0.15) is 12.0 Å². The lowest BCUT2D eigenvalue weighted by Crippen LogP contribution is -2.24. The van der Waals surface area contributed by atoms with Crippen LogP contribution < -0.4 is 4.90 Å². The van der Waals surface area contributed by atoms with Gasteiger partial charge in [0.25, 0.3) is 0 Å². The predicted molar refractivity (Wildman–Crippen MR) is 55.7 cm³/mol. The van der Waals surface area contributed by atoms with Crippen molar-refractivity contribution < 1.29 is 13.2 Å². The topological polar surface area (TPSA) is 16.1 Å². The highest BCUT2D eigenvalue weighted by atomic mass is 35.5. The fourth-order valence-electron chi connectivity index (χ4n) is 1.78. The maximum Gasteiger partial charge on any atom is 0.419 e. The molecule has 0 amide bonds. The number of anilines is 1. The summed E-state index contributed by atoms with van der Waals surface area (Å²) in [5, 5.41) is -0.0944. The van der Waals surface area contributed by atoms with Gasteiger partial charge in [0.1, 0.15) is 5.82 Å². The minimum absolute atomic E-state index is 0.0156. The number of aromatic nitrogens is 1. The highest BCUT2D eigenvalue weighted by Crippen LogP contribution is 2.36. The molecule has 1 unspecified atom stereocenters. The average Bonchev–Trinajstić information content (AvgIpc) is 2.64. The minimum Gasteiger partial charge on any atom is -0.355 e. The lowest BCUT2D eigenvalue weighted by atomic mass is 10.2. The largest absolute Gasteiger partial charge is 0.419 e. The number of hydrogen-bond donors (Lipinski definition) is 0. The van der Waals surface area contributed by atoms with Crippen LogP contribution in [-0.4, -0.2) is 23.5 Å². The Morgan fingerprint density at radius 1 is 1.44 bits per heavy atom. The van der Waals surface area contributed by atoms with Gasteiger partial charge in [0, 0.05) is 19.3 Å². The predicted octanol–water partition coefficient (Wildman–Crippen LogP) is 2.92. The van der Waals surface area contributed by atoms with E-state index in [9.17, 15) is 13.2 Å². The molecule has 1 aromatic heterocycles. The lowest BCUT2D eigenvalue weighted by Gasteiger charge is -2.20. The fourth-order valence-corrected chi connectivity index (χ4v) is 2.04. The molecule has 2 heterocycles. The molecule has 1 fully saturated rings. The van der Waals surface area contributed by atoms with E-state index in [2.05, 4.69) is 4.98 Å². The summed E-state index contributed by atoms with van der Waals surface area (Å²) in [7, 11) is 0. The molecule has 16 heavy (non-hydrogen) atoms. The van der Waals surface area contributed by atoms with E-state index in [0.29, 0.717) is 19.5 Å². The molecule has 0 N–H and O–H groups in total. The maximum atomic E-state index is 12.7. The fraction of sp³-hybridized carbons (Fsp3) is 0.500. The molecule has 88 valence electrons. The van der Waals surface area contributed by atoms with Crippen LogP contribution in [0.5, 0.6) is 0 Å². The van der Waals surface area contributed by atoms with E-state index in [1.54, 1.807) is 4.90 Å². The van der Waals surface area contributed by atoms with Gasteiger partial charge in [-0.05, 0) is 18.6 Å². The number of halogens is 4. The number of rotatable bonds is 1. The van der Waals surface area contributed by atoms with Gasteiger partial charge in [-0.15, -0.1) is 11.6 Å². The first-order valence-corrected chi connectivity index (χ1v) is 5.33. The quantitative estimate of drug-likeness (QED) is 0.713. The van der Waals surface area contributed by atoms with Gasteiger partial charge in [0.05, 0.1) is 10.9 Å². The van der Waals surface area contributed by atoms with Gasteiger partial charge < -0.3 is 4.90 Å². The molecule has 1 atom stereocenters. The molecule has 1 saturated heterocycles. The molecule has 0 bridgehead atoms. The smallest absolute Gasteiger partial charge is 0.355 e. The third kappa shape index (κ3) is 2.24. The molecule has 2 nitrogen and oxygen atoms in total. The number of alkyl halides is 4. The Morgan fingerprint density at radius 3 is 2.75 bits per heavy atom. The third-order valence-corrected chi connectivity index (χ3v) is 2.88. The van der Waals surface area contributed by atoms with Gasteiger partial charge in [-0.3, -0.25) is 0 Å². The first kappa shape index (κ1) is 11.5. The van der Waals surface area contributed by atoms with E-state index in [1.165, 1.54) is 12.3 Å². The van der Waals surface area contributed by atoms with Crippen LogP contribution in [0, 0.1) is 0 Å². The highest BCUT2D eigenvalue weighted by molar-refractivity contribution is 6.21. The number of pyridine rings is 1. The molecule has 2 rings (SSSR count). The summed E-state index contributed by atoms with van der Waals surface area (Å²) >= 11 is 5.87. The van der Waals surface area contributed by atoms with E-state index in [1.807, 2.05) is 0 Å². The van der Waals surface area contributed by atoms with Crippen molar-refractivity contribution in [2.24, 2.45) is 0 Å². The van der Waals surface area contributed by atoms with Gasteiger partial charge in [0.2, 0.25) is 0 Å². The third-order valence-electron chi connectivity index (χ3n) is 2.52. The van der Waals surface area contributed by atoms with Crippen molar-refractivity contribution in [3.05, 3.63) is 23.9 Å². The van der Waals surface area contributed by atoms with Crippen molar-refractivity contribution in [3.8, 4) is 0 Å². The van der Waals surface area contributed by atoms with Gasteiger partial charge in [-0.1, -0.05) is 0 Å². The first-order chi connectivity index (χ1) is 7.48. The lowest BCUT2D eigenvalue weighted by molar-refractivity contribution is -0.137. The summed E-state index contributed by atoms with van der Waals surface area (Å²) in [6.07, 6.45) is -2.31. The molecule has 1 aromatic rings. The zero-order chi connectivity index (χ0) is 11.8. The van der Waals surface area contributed by atoms with Gasteiger partial charge >= 0.3 is 6.18 Å². The van der Waals surface area contributed by atoms with Crippen LogP contribution in [-0.2, 0) is 6.18 Å². The second-order valence-corrected chi connectivity index (χ2v) is 4.32. The average molecular weight is 251 g/mol. The van der Waals surface area contributed by atoms with Crippen molar-refractivity contribution in [3.63, 3.8) is 0 Å². The summed E-state index contributed by atoms with van der Waals surface area (Å²) in [5.41, 5.74) is -0.694. The van der Waals surface area contributed by atoms with Crippen molar-refractivity contribution in [1.82, 2.24) is 4.98 Å². The van der Waals surface area contributed by atoms with E-state index >= 15 is 0 Å². The Bertz CT molecular complexity index is 381. The van der Waals surface area contributed by atoms with Crippen molar-refractivity contribution in [1.29, 1.82) is 0 Å². The molecule has 0 saturated carbocycles. The maximum absolute atomic E-state index is 12.7. The Labute approximate surface area is 96.0 Å². The molecular weight excluding hydrogens is 241 g/mol. The first-order valence-electron chi connectivity index (χ1n) is 4.89. The summed E-state index contributed by atoms with van der Waals surface area (Å²) in [6, 6.07) is 2.34. The molecule has 1 aliphatic rings. The van der Waals surface area contributed by atoms with Crippen LogP contribution in [0.4, 0.5) is 19.0 Å². The monoisotopic (exact) mass is 250 g/mol. The zero-order valence-electron chi connectivity index (χ0n) is 8.34. The standard InChI is InChI=1S/C10H10ClF3N2/c11-7-3-5-16(6-7)9-8(10(12,13)14)2-1-4-15-9/h1-2,4,7H,3,5-6H2. The SMILES string of the molecule is FC(F)(F)c1cccnc1N1CCC(Cl)C1. The van der Waals surface area contributed by atoms with Crippen LogP contribution in [0.25, 0.3) is 0 Å². The highest BCUT2D eigenvalue weighted by Gasteiger charge is 2.36. The van der Waals surface area contributed by atoms with E-state index in [-0.39, 0.29) is 11.2 Å². The van der Waals surface area contributed by atoms with E-state index in [4.69, 9.17) is 11.6 Å². The van der Waals surface area contributed by atoms with Crippen molar-refractivity contribution >= 4 is 17.4 Å². The van der Waals surface area contributed by atoms with Gasteiger partial charge in [-0.25, -0.2) is 4.98 Å². The second-order valence-electron chi connectivity index (χ2n) is 3.70. The zero-order valence-corrected chi connectivity index (χ0v) is 9.09. The molecule has 0 radical (unpaired) electrons. The molecular formula is C10H10ClF3N2. The number of nitrogens with zero attached hydrogens (tertiary/aromatic N) is 2. The minimum atomic E-state index is -4.37. The molecule has 1 aliphatic heterocycles. The van der Waals surface area contributed by atoms with Crippen LogP contribution in [0.15, 0.2) is 18.3 Å². The van der Waals surface area contributed by atoms with Gasteiger partial charge in [0.15, 0.2) is 0 Å². The molecule has 0 aliphatic carbocycles. The Kier molecular flexibility index (Phi) is 2.97. The van der Waals surface area contributed by atoms with Crippen molar-refractivity contribution in [2.75, 3.05) is 18.0 Å². The van der Waals surface area contributed by atoms with Crippen LogP contribution in [0.3, 0.4) is 0 Å². The number of hydrogen-bond acceptors (Lipinski definition) is 2. The summed E-state index contributed by atoms with van der Waals surface area (Å²) in [4.78, 5) is 5.39. The molecule has 0 aromatic carbocycles. The van der Waals surface area contributed by atoms with E-state index < -0.39 is 11.7 Å². The summed E-state index contributed by atoms with van der Waals surface area (Å²) < 4.78 is 38.1. The van der Waals surface area contributed by atoms with Gasteiger partial charge in [-0.2, -0.15) is 13.2 Å². The summed E-state index contributed by atoms with van der Waals surface area (Å²) in [6.45, 7) is 0.940. The summed E-state index contributed by atoms with van der Waals surface area (Å²) in [5.74, 6) is -0.0156. The molecule has 0 spiro atoms. The molecule has 6 heteroatoms. The van der Waals surface area contributed by atoms with Crippen LogP contribution >= 0.6 is 11.6 Å². The normalized spacial score (nSPS) is 21.5. The Morgan fingerprint density at radius 2 is 2.19 bits per heavy atom. The second kappa shape index (κ2) is 4.13. The Balaban J connectivity index is 2.34. The Hall–Kier alpha value is -0.970. The van der Waals surface area contributed by atoms with E-state index in [0.717, 1.165) is 6.07 Å². The van der Waals surface area contributed by atoms with Crippen LogP contribution in [0.2, 0.25) is 0 Å².